The van der Waals surface area contributed by atoms with Gasteiger partial charge in [-0.05, 0) is 37.1 Å². The second kappa shape index (κ2) is 9.73. The molecule has 0 aliphatic heterocycles. The van der Waals surface area contributed by atoms with E-state index in [4.69, 9.17) is 21.4 Å². The van der Waals surface area contributed by atoms with E-state index in [1.165, 1.54) is 0 Å². The third kappa shape index (κ3) is 6.07. The largest absolute Gasteiger partial charge is 0.375 e. The minimum Gasteiger partial charge on any atom is -0.375 e. The fourth-order valence-electron chi connectivity index (χ4n) is 2.40. The quantitative estimate of drug-likeness (QED) is 0.378. The third-order valence-corrected chi connectivity index (χ3v) is 6.07. The van der Waals surface area contributed by atoms with Gasteiger partial charge in [-0.15, -0.1) is 10.2 Å². The second-order valence-electron chi connectivity index (χ2n) is 5.82. The van der Waals surface area contributed by atoms with Crippen LogP contribution in [0.25, 0.3) is 0 Å². The zero-order chi connectivity index (χ0) is 20.0. The average molecular weight is 433 g/mol. The van der Waals surface area contributed by atoms with Gasteiger partial charge in [0.2, 0.25) is 5.13 Å². The van der Waals surface area contributed by atoms with Crippen molar-refractivity contribution in [2.45, 2.75) is 32.5 Å². The van der Waals surface area contributed by atoms with E-state index in [1.54, 1.807) is 0 Å². The topological polar surface area (TPSA) is 119 Å². The number of rotatable bonds is 9. The molecule has 3 N–H and O–H groups in total. The number of benzene rings is 1. The molecule has 1 unspecified atom stereocenters. The van der Waals surface area contributed by atoms with Crippen molar-refractivity contribution < 1.29 is 19.5 Å². The highest BCUT2D eigenvalue weighted by Crippen LogP contribution is 2.53. The van der Waals surface area contributed by atoms with Crippen LogP contribution in [0.15, 0.2) is 34.5 Å². The fraction of sp³-hybridized carbons (Fsp3) is 0.438. The van der Waals surface area contributed by atoms with Gasteiger partial charge in [0.1, 0.15) is 5.15 Å². The van der Waals surface area contributed by atoms with E-state index in [2.05, 4.69) is 34.0 Å². The Hall–Kier alpha value is -1.35. The normalized spacial score (nSPS) is 13.3. The molecule has 0 saturated carbocycles. The first kappa shape index (κ1) is 21.9. The number of aromatic nitrogens is 1. The molecule has 1 aromatic heterocycles. The van der Waals surface area contributed by atoms with Gasteiger partial charge in [0.25, 0.3) is 0 Å². The van der Waals surface area contributed by atoms with Gasteiger partial charge in [-0.2, -0.15) is 0 Å². The van der Waals surface area contributed by atoms with Crippen molar-refractivity contribution in [1.82, 2.24) is 4.98 Å². The van der Waals surface area contributed by atoms with Gasteiger partial charge >= 0.3 is 7.60 Å². The summed E-state index contributed by atoms with van der Waals surface area (Å²) in [6, 6.07) is 7.60. The van der Waals surface area contributed by atoms with E-state index in [1.807, 2.05) is 24.3 Å². The van der Waals surface area contributed by atoms with Crippen LogP contribution in [0.1, 0.15) is 37.4 Å². The lowest BCUT2D eigenvalue weighted by molar-refractivity contribution is 0.208. The maximum Gasteiger partial charge on any atom is 0.359 e. The van der Waals surface area contributed by atoms with Crippen LogP contribution in [-0.4, -0.2) is 33.0 Å². The number of nitrogens with zero attached hydrogens (tertiary/aromatic N) is 4. The zero-order valence-corrected chi connectivity index (χ0v) is 17.5. The van der Waals surface area contributed by atoms with Crippen LogP contribution < -0.4 is 4.90 Å². The smallest absolute Gasteiger partial charge is 0.359 e. The maximum absolute atomic E-state index is 11.2. The number of azo groups is 1. The summed E-state index contributed by atoms with van der Waals surface area (Å²) in [5.41, 5.74) is 1.72. The minimum absolute atomic E-state index is 0.102. The molecule has 1 heterocycles. The molecule has 1 atom stereocenters. The molecule has 0 spiro atoms. The lowest BCUT2D eigenvalue weighted by atomic mass is 10.2. The Morgan fingerprint density at radius 1 is 1.19 bits per heavy atom. The summed E-state index contributed by atoms with van der Waals surface area (Å²) in [7, 11) is -4.73. The van der Waals surface area contributed by atoms with Crippen LogP contribution >= 0.6 is 30.5 Å². The van der Waals surface area contributed by atoms with E-state index in [9.17, 15) is 9.67 Å². The van der Waals surface area contributed by atoms with Crippen LogP contribution in [0.2, 0.25) is 5.15 Å². The molecule has 0 saturated heterocycles. The van der Waals surface area contributed by atoms with Crippen molar-refractivity contribution in [2.75, 3.05) is 18.0 Å². The summed E-state index contributed by atoms with van der Waals surface area (Å²) in [6.07, 6.45) is 2.13. The first-order chi connectivity index (χ1) is 12.8. The van der Waals surface area contributed by atoms with Crippen molar-refractivity contribution in [1.29, 1.82) is 0 Å². The number of hydrogen-bond acceptors (Lipinski definition) is 7. The molecular formula is C16H22ClN4O4PS. The molecule has 2 rings (SSSR count). The lowest BCUT2D eigenvalue weighted by Crippen LogP contribution is -2.24. The Kier molecular flexibility index (Phi) is 7.91. The maximum atomic E-state index is 11.2. The van der Waals surface area contributed by atoms with Gasteiger partial charge in [0.05, 0.1) is 10.6 Å². The van der Waals surface area contributed by atoms with E-state index in [-0.39, 0.29) is 15.2 Å². The molecule has 0 amide bonds. The predicted octanol–water partition coefficient (Wildman–Crippen LogP) is 5.01. The highest BCUT2D eigenvalue weighted by atomic mass is 35.5. The van der Waals surface area contributed by atoms with Crippen molar-refractivity contribution >= 4 is 47.0 Å². The van der Waals surface area contributed by atoms with Crippen molar-refractivity contribution in [3.63, 3.8) is 0 Å². The SMILES string of the molecule is CCCN(CCC)c1ccc(N=Nc2nc(Cl)c(C(O)P(=O)(O)O)s2)cc1. The van der Waals surface area contributed by atoms with Gasteiger partial charge in [0, 0.05) is 18.8 Å². The molecule has 0 aliphatic rings. The van der Waals surface area contributed by atoms with Crippen LogP contribution in [-0.2, 0) is 4.57 Å². The van der Waals surface area contributed by atoms with E-state index in [0.29, 0.717) is 5.69 Å². The highest BCUT2D eigenvalue weighted by Gasteiger charge is 2.32. The molecule has 0 radical (unpaired) electrons. The molecule has 0 aliphatic carbocycles. The third-order valence-electron chi connectivity index (χ3n) is 3.60. The number of halogens is 1. The molecule has 8 nitrogen and oxygen atoms in total. The summed E-state index contributed by atoms with van der Waals surface area (Å²) < 4.78 is 11.2. The van der Waals surface area contributed by atoms with E-state index < -0.39 is 13.4 Å². The number of anilines is 1. The van der Waals surface area contributed by atoms with Crippen LogP contribution in [0.5, 0.6) is 0 Å². The number of hydrogen-bond donors (Lipinski definition) is 3. The Labute approximate surface area is 166 Å². The minimum atomic E-state index is -4.73. The van der Waals surface area contributed by atoms with E-state index in [0.717, 1.165) is 43.0 Å². The Bertz CT molecular complexity index is 818. The molecule has 27 heavy (non-hydrogen) atoms. The first-order valence-corrected chi connectivity index (χ1v) is 11.3. The standard InChI is InChI=1S/C16H22ClN4O4PS/c1-3-9-21(10-4-2)12-7-5-11(6-8-12)19-20-16-18-14(17)13(27-16)15(22)26(23,24)25/h5-8,15,22H,3-4,9-10H2,1-2H3,(H2,23,24,25). The van der Waals surface area contributed by atoms with Gasteiger partial charge in [-0.3, -0.25) is 4.57 Å². The zero-order valence-electron chi connectivity index (χ0n) is 15.0. The summed E-state index contributed by atoms with van der Waals surface area (Å²) in [5, 5.41) is 17.6. The van der Waals surface area contributed by atoms with Crippen molar-refractivity contribution in [3.8, 4) is 0 Å². The number of aliphatic hydroxyl groups is 1. The summed E-state index contributed by atoms with van der Waals surface area (Å²) in [6.45, 7) is 6.25. The fourth-order valence-corrected chi connectivity index (χ4v) is 4.47. The second-order valence-corrected chi connectivity index (χ2v) is 8.85. The summed E-state index contributed by atoms with van der Waals surface area (Å²) in [5.74, 6) is -2.02. The number of aliphatic hydroxyl groups excluding tert-OH is 1. The average Bonchev–Trinajstić information content (AvgIpc) is 2.99. The predicted molar refractivity (Wildman–Crippen MR) is 108 cm³/mol. The monoisotopic (exact) mass is 432 g/mol. The first-order valence-electron chi connectivity index (χ1n) is 8.42. The van der Waals surface area contributed by atoms with Crippen LogP contribution in [0.3, 0.4) is 0 Å². The Morgan fingerprint density at radius 2 is 1.78 bits per heavy atom. The van der Waals surface area contributed by atoms with Gasteiger partial charge in [0.15, 0.2) is 5.85 Å². The summed E-state index contributed by atoms with van der Waals surface area (Å²) >= 11 is 6.61. The van der Waals surface area contributed by atoms with E-state index >= 15 is 0 Å². The highest BCUT2D eigenvalue weighted by molar-refractivity contribution is 7.52. The van der Waals surface area contributed by atoms with Crippen LogP contribution in [0.4, 0.5) is 16.5 Å². The molecule has 0 fully saturated rings. The van der Waals surface area contributed by atoms with Gasteiger partial charge in [-0.25, -0.2) is 4.98 Å². The number of thiazole rings is 1. The van der Waals surface area contributed by atoms with Crippen molar-refractivity contribution in [3.05, 3.63) is 34.3 Å². The van der Waals surface area contributed by atoms with Crippen LogP contribution in [0, 0.1) is 0 Å². The Morgan fingerprint density at radius 3 is 2.30 bits per heavy atom. The van der Waals surface area contributed by atoms with Crippen molar-refractivity contribution in [2.24, 2.45) is 10.2 Å². The van der Waals surface area contributed by atoms with Gasteiger partial charge in [-0.1, -0.05) is 36.8 Å². The molecule has 0 bridgehead atoms. The lowest BCUT2D eigenvalue weighted by Gasteiger charge is -2.23. The Balaban J connectivity index is 2.13. The molecule has 1 aromatic carbocycles. The summed E-state index contributed by atoms with van der Waals surface area (Å²) in [4.78, 5) is 24.1. The molecule has 148 valence electrons. The molecule has 2 aromatic rings. The molecule has 11 heteroatoms. The van der Waals surface area contributed by atoms with Gasteiger partial charge < -0.3 is 19.8 Å². The molecular weight excluding hydrogens is 411 g/mol.